The van der Waals surface area contributed by atoms with Gasteiger partial charge in [-0.2, -0.15) is 0 Å². The van der Waals surface area contributed by atoms with Gasteiger partial charge < -0.3 is 18.9 Å². The molecular weight excluding hydrogens is 354 g/mol. The monoisotopic (exact) mass is 373 g/mol. The van der Waals surface area contributed by atoms with E-state index < -0.39 is 0 Å². The Bertz CT molecular complexity index is 875. The zero-order valence-corrected chi connectivity index (χ0v) is 15.4. The zero-order chi connectivity index (χ0) is 18.4. The summed E-state index contributed by atoms with van der Waals surface area (Å²) in [6.45, 7) is 1.66. The summed E-state index contributed by atoms with van der Waals surface area (Å²) in [6.07, 6.45) is 3.34. The van der Waals surface area contributed by atoms with Crippen molar-refractivity contribution in [2.24, 2.45) is 0 Å². The summed E-state index contributed by atoms with van der Waals surface area (Å²) >= 11 is 1.33. The molecule has 0 amide bonds. The molecule has 0 bridgehead atoms. The second-order valence-electron chi connectivity index (χ2n) is 5.44. The van der Waals surface area contributed by atoms with Gasteiger partial charge in [-0.05, 0) is 23.8 Å². The van der Waals surface area contributed by atoms with E-state index in [2.05, 4.69) is 4.98 Å². The molecule has 26 heavy (non-hydrogen) atoms. The Balaban J connectivity index is 1.72. The van der Waals surface area contributed by atoms with Crippen LogP contribution in [-0.2, 0) is 20.8 Å². The van der Waals surface area contributed by atoms with E-state index >= 15 is 0 Å². The number of pyridine rings is 1. The fourth-order valence-electron chi connectivity index (χ4n) is 2.33. The number of carbonyl (C=O) groups excluding carboxylic acids is 1. The molecule has 3 aromatic rings. The third kappa shape index (κ3) is 4.37. The van der Waals surface area contributed by atoms with Crippen molar-refractivity contribution >= 4 is 27.4 Å². The van der Waals surface area contributed by atoms with Crippen molar-refractivity contribution in [2.75, 3.05) is 27.4 Å². The topological polar surface area (TPSA) is 66.9 Å². The number of benzene rings is 1. The predicted octanol–water partition coefficient (Wildman–Crippen LogP) is 4.04. The SMILES string of the molecule is COCCOCc1ccc(Oc2cncc3sc(C(=O)OC)cc23)cc1. The fourth-order valence-corrected chi connectivity index (χ4v) is 3.29. The minimum absolute atomic E-state index is 0.366. The van der Waals surface area contributed by atoms with E-state index in [4.69, 9.17) is 18.9 Å². The molecule has 0 atom stereocenters. The van der Waals surface area contributed by atoms with Crippen LogP contribution in [0.5, 0.6) is 11.5 Å². The summed E-state index contributed by atoms with van der Waals surface area (Å²) in [7, 11) is 3.01. The maximum absolute atomic E-state index is 11.7. The molecule has 136 valence electrons. The molecule has 0 N–H and O–H groups in total. The van der Waals surface area contributed by atoms with E-state index in [-0.39, 0.29) is 5.97 Å². The lowest BCUT2D eigenvalue weighted by Crippen LogP contribution is -2.01. The molecular formula is C19H19NO5S. The summed E-state index contributed by atoms with van der Waals surface area (Å²) < 4.78 is 22.0. The Morgan fingerprint density at radius 1 is 1.12 bits per heavy atom. The summed E-state index contributed by atoms with van der Waals surface area (Å²) in [5.74, 6) is 0.915. The Morgan fingerprint density at radius 2 is 1.92 bits per heavy atom. The number of aromatic nitrogens is 1. The van der Waals surface area contributed by atoms with Gasteiger partial charge in [-0.15, -0.1) is 11.3 Å². The molecule has 0 aliphatic carbocycles. The number of hydrogen-bond donors (Lipinski definition) is 0. The summed E-state index contributed by atoms with van der Waals surface area (Å²) in [4.78, 5) is 16.4. The number of nitrogens with zero attached hydrogens (tertiary/aromatic N) is 1. The average molecular weight is 373 g/mol. The van der Waals surface area contributed by atoms with Crippen molar-refractivity contribution in [3.8, 4) is 11.5 Å². The van der Waals surface area contributed by atoms with Gasteiger partial charge in [0.1, 0.15) is 10.6 Å². The first-order valence-electron chi connectivity index (χ1n) is 8.00. The Kier molecular flexibility index (Phi) is 6.17. The summed E-state index contributed by atoms with van der Waals surface area (Å²) in [6, 6.07) is 9.41. The van der Waals surface area contributed by atoms with Gasteiger partial charge in [-0.3, -0.25) is 4.98 Å². The third-order valence-corrected chi connectivity index (χ3v) is 4.70. The van der Waals surface area contributed by atoms with Gasteiger partial charge in [0, 0.05) is 18.7 Å². The third-order valence-electron chi connectivity index (χ3n) is 3.65. The van der Waals surface area contributed by atoms with Crippen LogP contribution in [0.15, 0.2) is 42.7 Å². The molecule has 0 aliphatic rings. The van der Waals surface area contributed by atoms with Crippen molar-refractivity contribution in [3.05, 3.63) is 53.2 Å². The second-order valence-corrected chi connectivity index (χ2v) is 6.53. The molecule has 1 aromatic carbocycles. The van der Waals surface area contributed by atoms with E-state index in [1.807, 2.05) is 24.3 Å². The maximum Gasteiger partial charge on any atom is 0.348 e. The van der Waals surface area contributed by atoms with Crippen LogP contribution in [0.25, 0.3) is 10.1 Å². The van der Waals surface area contributed by atoms with Crippen LogP contribution >= 0.6 is 11.3 Å². The largest absolute Gasteiger partial charge is 0.465 e. The highest BCUT2D eigenvalue weighted by molar-refractivity contribution is 7.20. The van der Waals surface area contributed by atoms with Gasteiger partial charge in [-0.1, -0.05) is 12.1 Å². The molecule has 6 nitrogen and oxygen atoms in total. The van der Waals surface area contributed by atoms with Crippen LogP contribution in [0.2, 0.25) is 0 Å². The molecule has 0 fully saturated rings. The second kappa shape index (κ2) is 8.75. The number of ether oxygens (including phenoxy) is 4. The number of carbonyl (C=O) groups is 1. The highest BCUT2D eigenvalue weighted by Gasteiger charge is 2.14. The van der Waals surface area contributed by atoms with Crippen molar-refractivity contribution in [1.29, 1.82) is 0 Å². The van der Waals surface area contributed by atoms with Gasteiger partial charge in [-0.25, -0.2) is 4.79 Å². The Labute approximate surface area is 155 Å². The Hall–Kier alpha value is -2.48. The maximum atomic E-state index is 11.7. The van der Waals surface area contributed by atoms with Crippen molar-refractivity contribution in [1.82, 2.24) is 4.98 Å². The van der Waals surface area contributed by atoms with Gasteiger partial charge in [0.15, 0.2) is 5.75 Å². The fraction of sp³-hybridized carbons (Fsp3) is 0.263. The van der Waals surface area contributed by atoms with Crippen molar-refractivity contribution in [3.63, 3.8) is 0 Å². The van der Waals surface area contributed by atoms with Crippen molar-refractivity contribution in [2.45, 2.75) is 6.61 Å². The quantitative estimate of drug-likeness (QED) is 0.439. The zero-order valence-electron chi connectivity index (χ0n) is 14.6. The number of methoxy groups -OCH3 is 2. The first-order valence-corrected chi connectivity index (χ1v) is 8.82. The van der Waals surface area contributed by atoms with E-state index in [0.29, 0.717) is 36.2 Å². The van der Waals surface area contributed by atoms with Gasteiger partial charge in [0.05, 0.1) is 37.8 Å². The number of hydrogen-bond acceptors (Lipinski definition) is 7. The van der Waals surface area contributed by atoms with Crippen LogP contribution in [0.4, 0.5) is 0 Å². The molecule has 0 radical (unpaired) electrons. The lowest BCUT2D eigenvalue weighted by atomic mass is 10.2. The highest BCUT2D eigenvalue weighted by atomic mass is 32.1. The lowest BCUT2D eigenvalue weighted by Gasteiger charge is -2.08. The molecule has 3 rings (SSSR count). The molecule has 2 heterocycles. The molecule has 0 saturated carbocycles. The number of esters is 1. The van der Waals surface area contributed by atoms with Crippen LogP contribution in [-0.4, -0.2) is 38.4 Å². The standard InChI is InChI=1S/C19H19NO5S/c1-22-7-8-24-12-13-3-5-14(6-4-13)25-16-10-20-11-18-15(16)9-17(26-18)19(21)23-2/h3-6,9-11H,7-8,12H2,1-2H3. The molecule has 2 aromatic heterocycles. The first-order chi connectivity index (χ1) is 12.7. The minimum Gasteiger partial charge on any atom is -0.465 e. The molecule has 7 heteroatoms. The molecule has 0 aliphatic heterocycles. The number of thiophene rings is 1. The van der Waals surface area contributed by atoms with Gasteiger partial charge in [0.2, 0.25) is 0 Å². The van der Waals surface area contributed by atoms with Crippen LogP contribution in [0, 0.1) is 0 Å². The predicted molar refractivity (Wildman–Crippen MR) is 99.0 cm³/mol. The van der Waals surface area contributed by atoms with E-state index in [1.165, 1.54) is 18.4 Å². The minimum atomic E-state index is -0.366. The summed E-state index contributed by atoms with van der Waals surface area (Å²) in [5, 5.41) is 0.831. The number of rotatable bonds is 8. The average Bonchev–Trinajstić information content (AvgIpc) is 3.11. The molecule has 0 saturated heterocycles. The van der Waals surface area contributed by atoms with E-state index in [1.54, 1.807) is 25.6 Å². The first kappa shape index (κ1) is 18.3. The molecule has 0 unspecified atom stereocenters. The number of fused-ring (bicyclic) bond motifs is 1. The Morgan fingerprint density at radius 3 is 2.65 bits per heavy atom. The van der Waals surface area contributed by atoms with Crippen LogP contribution < -0.4 is 4.74 Å². The van der Waals surface area contributed by atoms with E-state index in [9.17, 15) is 4.79 Å². The summed E-state index contributed by atoms with van der Waals surface area (Å²) in [5.41, 5.74) is 1.05. The van der Waals surface area contributed by atoms with Crippen LogP contribution in [0.1, 0.15) is 15.2 Å². The van der Waals surface area contributed by atoms with Crippen LogP contribution in [0.3, 0.4) is 0 Å². The highest BCUT2D eigenvalue weighted by Crippen LogP contribution is 2.34. The smallest absolute Gasteiger partial charge is 0.348 e. The molecule has 0 spiro atoms. The lowest BCUT2D eigenvalue weighted by molar-refractivity contribution is 0.0606. The van der Waals surface area contributed by atoms with E-state index in [0.717, 1.165) is 15.6 Å². The van der Waals surface area contributed by atoms with Gasteiger partial charge in [0.25, 0.3) is 0 Å². The normalized spacial score (nSPS) is 10.8. The van der Waals surface area contributed by atoms with Gasteiger partial charge >= 0.3 is 5.97 Å². The van der Waals surface area contributed by atoms with Crippen molar-refractivity contribution < 1.29 is 23.7 Å².